The number of aryl methyl sites for hydroxylation is 1. The molecule has 0 fully saturated rings. The first-order chi connectivity index (χ1) is 17.5. The lowest BCUT2D eigenvalue weighted by atomic mass is 10.1. The molecule has 0 aliphatic heterocycles. The molecule has 10 nitrogen and oxygen atoms in total. The predicted molar refractivity (Wildman–Crippen MR) is 136 cm³/mol. The van der Waals surface area contributed by atoms with Crippen LogP contribution in [0.5, 0.6) is 17.2 Å². The number of halogens is 1. The molecule has 2 heterocycles. The molecule has 0 saturated heterocycles. The Hall–Kier alpha value is -3.53. The van der Waals surface area contributed by atoms with Crippen LogP contribution in [0.25, 0.3) is 11.3 Å². The van der Waals surface area contributed by atoms with Crippen LogP contribution in [0.15, 0.2) is 51.7 Å². The molecule has 0 atom stereocenters. The number of hydrogen-bond acceptors (Lipinski definition) is 11. The molecule has 2 aromatic carbocycles. The molecule has 0 N–H and O–H groups in total. The van der Waals surface area contributed by atoms with Gasteiger partial charge in [0.1, 0.15) is 16.7 Å². The number of rotatable bonds is 9. The smallest absolute Gasteiger partial charge is 0.215 e. The topological polar surface area (TPSA) is 121 Å². The fourth-order valence-corrected chi connectivity index (χ4v) is 4.99. The second-order valence-corrected chi connectivity index (χ2v) is 9.50. The number of aromatic nitrogens is 6. The molecule has 0 bridgehead atoms. The monoisotopic (exact) mass is 541 g/mol. The molecule has 0 radical (unpaired) electrons. The van der Waals surface area contributed by atoms with E-state index in [2.05, 4.69) is 26.6 Å². The molecule has 0 unspecified atom stereocenters. The molecule has 184 valence electrons. The van der Waals surface area contributed by atoms with E-state index in [1.807, 2.05) is 24.3 Å². The van der Waals surface area contributed by atoms with E-state index in [0.29, 0.717) is 54.6 Å². The van der Waals surface area contributed by atoms with Gasteiger partial charge in [-0.1, -0.05) is 35.5 Å². The van der Waals surface area contributed by atoms with Crippen molar-refractivity contribution in [3.8, 4) is 34.6 Å². The summed E-state index contributed by atoms with van der Waals surface area (Å²) in [4.78, 5) is 9.41. The minimum absolute atomic E-state index is 0.271. The highest BCUT2D eigenvalue weighted by Gasteiger charge is 2.22. The van der Waals surface area contributed by atoms with Crippen molar-refractivity contribution in [1.82, 2.24) is 30.2 Å². The molecule has 0 aliphatic carbocycles. The number of methoxy groups -OCH3 is 3. The van der Waals surface area contributed by atoms with Gasteiger partial charge in [0.05, 0.1) is 27.0 Å². The fraction of sp³-hybridized carbons (Fsp3) is 0.217. The van der Waals surface area contributed by atoms with Crippen LogP contribution in [0.4, 0.5) is 0 Å². The lowest BCUT2D eigenvalue weighted by Crippen LogP contribution is -2.02. The van der Waals surface area contributed by atoms with Crippen LogP contribution in [-0.2, 0) is 12.8 Å². The number of thioether (sulfide) groups is 1. The number of nitrogens with zero attached hydrogens (tertiary/aromatic N) is 7. The van der Waals surface area contributed by atoms with Crippen molar-refractivity contribution in [3.63, 3.8) is 0 Å². The van der Waals surface area contributed by atoms with Crippen LogP contribution in [0.3, 0.4) is 0 Å². The molecule has 0 spiro atoms. The molecule has 13 heteroatoms. The van der Waals surface area contributed by atoms with E-state index in [0.717, 1.165) is 5.56 Å². The second kappa shape index (κ2) is 11.5. The molecule has 4 rings (SSSR count). The van der Waals surface area contributed by atoms with E-state index in [9.17, 15) is 5.26 Å². The van der Waals surface area contributed by atoms with Gasteiger partial charge in [-0.25, -0.2) is 14.6 Å². The highest BCUT2D eigenvalue weighted by atomic mass is 35.5. The van der Waals surface area contributed by atoms with Crippen LogP contribution in [0.2, 0.25) is 5.02 Å². The van der Waals surface area contributed by atoms with Crippen molar-refractivity contribution < 1.29 is 14.2 Å². The standard InChI is InChI=1S/C23H20ClN7O3S2/c1-31-23(28-29-30-31)36-21-16(11-25)19(14-9-17(32-2)20(34-4)18(10-14)33-3)26-22(27-21)35-12-13-5-7-15(24)8-6-13/h5-10H,12H2,1-4H3. The minimum atomic E-state index is 0.271. The maximum absolute atomic E-state index is 10.1. The Bertz CT molecular complexity index is 1400. The van der Waals surface area contributed by atoms with Crippen molar-refractivity contribution in [2.24, 2.45) is 7.05 Å². The summed E-state index contributed by atoms with van der Waals surface area (Å²) in [5.74, 6) is 1.93. The summed E-state index contributed by atoms with van der Waals surface area (Å²) in [7, 11) is 6.30. The summed E-state index contributed by atoms with van der Waals surface area (Å²) in [5.41, 5.74) is 2.35. The summed E-state index contributed by atoms with van der Waals surface area (Å²) >= 11 is 8.62. The lowest BCUT2D eigenvalue weighted by Gasteiger charge is -2.15. The predicted octanol–water partition coefficient (Wildman–Crippen LogP) is 4.66. The van der Waals surface area contributed by atoms with Gasteiger partial charge >= 0.3 is 0 Å². The molecule has 2 aromatic heterocycles. The maximum Gasteiger partial charge on any atom is 0.215 e. The normalized spacial score (nSPS) is 10.7. The number of nitriles is 1. The van der Waals surface area contributed by atoms with Crippen LogP contribution in [-0.4, -0.2) is 51.5 Å². The zero-order valence-electron chi connectivity index (χ0n) is 19.7. The van der Waals surface area contributed by atoms with Crippen LogP contribution < -0.4 is 14.2 Å². The first-order valence-corrected chi connectivity index (χ1v) is 12.5. The quantitative estimate of drug-likeness (QED) is 0.167. The van der Waals surface area contributed by atoms with Crippen LogP contribution in [0, 0.1) is 11.3 Å². The molecule has 0 saturated carbocycles. The maximum atomic E-state index is 10.1. The van der Waals surface area contributed by atoms with Crippen molar-refractivity contribution in [2.75, 3.05) is 21.3 Å². The highest BCUT2D eigenvalue weighted by molar-refractivity contribution is 7.99. The summed E-state index contributed by atoms with van der Waals surface area (Å²) in [5, 5.41) is 23.7. The van der Waals surface area contributed by atoms with E-state index >= 15 is 0 Å². The zero-order valence-corrected chi connectivity index (χ0v) is 22.1. The van der Waals surface area contributed by atoms with Crippen molar-refractivity contribution in [1.29, 1.82) is 5.26 Å². The van der Waals surface area contributed by atoms with Gasteiger partial charge in [-0.3, -0.25) is 0 Å². The molecular weight excluding hydrogens is 522 g/mol. The number of ether oxygens (including phenoxy) is 3. The fourth-order valence-electron chi connectivity index (χ4n) is 3.21. The van der Waals surface area contributed by atoms with Gasteiger partial charge in [0.25, 0.3) is 0 Å². The number of hydrogen-bond donors (Lipinski definition) is 0. The summed E-state index contributed by atoms with van der Waals surface area (Å²) in [6.07, 6.45) is 0. The Kier molecular flexibility index (Phi) is 8.14. The Morgan fingerprint density at radius 1 is 1.03 bits per heavy atom. The summed E-state index contributed by atoms with van der Waals surface area (Å²) < 4.78 is 18.0. The van der Waals surface area contributed by atoms with E-state index in [4.69, 9.17) is 30.8 Å². The number of tetrazole rings is 1. The van der Waals surface area contributed by atoms with Gasteiger partial charge in [0, 0.05) is 23.4 Å². The molecule has 36 heavy (non-hydrogen) atoms. The Balaban J connectivity index is 1.84. The van der Waals surface area contributed by atoms with Gasteiger partial charge in [-0.15, -0.1) is 5.10 Å². The van der Waals surface area contributed by atoms with E-state index in [-0.39, 0.29) is 5.56 Å². The third-order valence-corrected chi connectivity index (χ3v) is 7.14. The van der Waals surface area contributed by atoms with Crippen molar-refractivity contribution in [2.45, 2.75) is 21.1 Å². The largest absolute Gasteiger partial charge is 0.493 e. The van der Waals surface area contributed by atoms with E-state index < -0.39 is 0 Å². The van der Waals surface area contributed by atoms with Gasteiger partial charge in [0.15, 0.2) is 16.7 Å². The van der Waals surface area contributed by atoms with Gasteiger partial charge in [-0.05, 0) is 52.0 Å². The van der Waals surface area contributed by atoms with Crippen molar-refractivity contribution >= 4 is 35.1 Å². The van der Waals surface area contributed by atoms with Gasteiger partial charge < -0.3 is 14.2 Å². The van der Waals surface area contributed by atoms with Gasteiger partial charge in [-0.2, -0.15) is 5.26 Å². The molecule has 4 aromatic rings. The van der Waals surface area contributed by atoms with E-state index in [1.54, 1.807) is 19.2 Å². The molecule has 0 amide bonds. The van der Waals surface area contributed by atoms with Crippen LogP contribution in [0.1, 0.15) is 11.1 Å². The van der Waals surface area contributed by atoms with Crippen LogP contribution >= 0.6 is 35.1 Å². The first-order valence-electron chi connectivity index (χ1n) is 10.4. The van der Waals surface area contributed by atoms with Crippen molar-refractivity contribution in [3.05, 3.63) is 52.5 Å². The van der Waals surface area contributed by atoms with Gasteiger partial charge in [0.2, 0.25) is 10.9 Å². The summed E-state index contributed by atoms with van der Waals surface area (Å²) in [6.45, 7) is 0. The highest BCUT2D eigenvalue weighted by Crippen LogP contribution is 2.43. The molecular formula is C23H20ClN7O3S2. The average Bonchev–Trinajstić information content (AvgIpc) is 3.31. The SMILES string of the molecule is COc1cc(-c2nc(SCc3ccc(Cl)cc3)nc(Sc3nnnn3C)c2C#N)cc(OC)c1OC. The molecule has 0 aliphatic rings. The number of benzene rings is 2. The third-order valence-electron chi connectivity index (χ3n) is 4.96. The second-order valence-electron chi connectivity index (χ2n) is 7.16. The minimum Gasteiger partial charge on any atom is -0.493 e. The Morgan fingerprint density at radius 2 is 1.72 bits per heavy atom. The Morgan fingerprint density at radius 3 is 2.28 bits per heavy atom. The lowest BCUT2D eigenvalue weighted by molar-refractivity contribution is 0.324. The zero-order chi connectivity index (χ0) is 25.7. The Labute approximate surface area is 220 Å². The van der Waals surface area contributed by atoms with E-state index in [1.165, 1.54) is 49.5 Å². The average molecular weight is 542 g/mol. The third kappa shape index (κ3) is 5.48. The first kappa shape index (κ1) is 25.6. The summed E-state index contributed by atoms with van der Waals surface area (Å²) in [6, 6.07) is 13.3.